The van der Waals surface area contributed by atoms with Gasteiger partial charge in [0.15, 0.2) is 0 Å². The van der Waals surface area contributed by atoms with Crippen LogP contribution >= 0.6 is 22.7 Å². The van der Waals surface area contributed by atoms with Crippen LogP contribution in [0.4, 0.5) is 0 Å². The summed E-state index contributed by atoms with van der Waals surface area (Å²) in [5, 5.41) is 2.13. The van der Waals surface area contributed by atoms with Gasteiger partial charge in [0.1, 0.15) is 0 Å². The summed E-state index contributed by atoms with van der Waals surface area (Å²) in [4.78, 5) is 7.14. The van der Waals surface area contributed by atoms with Crippen molar-refractivity contribution in [3.05, 3.63) is 27.4 Å². The van der Waals surface area contributed by atoms with E-state index in [9.17, 15) is 0 Å². The van der Waals surface area contributed by atoms with E-state index in [2.05, 4.69) is 30.3 Å². The van der Waals surface area contributed by atoms with E-state index < -0.39 is 0 Å². The summed E-state index contributed by atoms with van der Waals surface area (Å²) < 4.78 is 0. The Morgan fingerprint density at radius 2 is 2.23 bits per heavy atom. The lowest BCUT2D eigenvalue weighted by molar-refractivity contribution is 1.17. The maximum atomic E-state index is 4.42. The minimum Gasteiger partial charge on any atom is -0.244 e. The Balaban J connectivity index is 2.52. The first-order valence-electron chi connectivity index (χ1n) is 4.29. The van der Waals surface area contributed by atoms with E-state index in [1.54, 1.807) is 22.7 Å². The second-order valence-corrected chi connectivity index (χ2v) is 4.77. The Morgan fingerprint density at radius 1 is 1.38 bits per heavy atom. The predicted octanol–water partition coefficient (Wildman–Crippen LogP) is 3.74. The van der Waals surface area contributed by atoms with E-state index in [0.29, 0.717) is 0 Å². The summed E-state index contributed by atoms with van der Waals surface area (Å²) >= 11 is 3.53. The molecule has 1 nitrogen and oxygen atoms in total. The molecule has 2 aromatic rings. The van der Waals surface area contributed by atoms with Crippen molar-refractivity contribution < 1.29 is 0 Å². The molecule has 0 bridgehead atoms. The molecule has 0 unspecified atom stereocenters. The molecule has 0 saturated carbocycles. The molecule has 3 heteroatoms. The van der Waals surface area contributed by atoms with Crippen LogP contribution in [-0.4, -0.2) is 4.98 Å². The highest BCUT2D eigenvalue weighted by molar-refractivity contribution is 7.14. The molecule has 68 valence electrons. The number of nitrogens with zero attached hydrogens (tertiary/aromatic N) is 1. The summed E-state index contributed by atoms with van der Waals surface area (Å²) in [5.41, 5.74) is 4.47. The van der Waals surface area contributed by atoms with Gasteiger partial charge in [-0.25, -0.2) is 4.98 Å². The average Bonchev–Trinajstić information content (AvgIpc) is 2.71. The minimum atomic E-state index is 1.08. The molecular weight excluding hydrogens is 198 g/mol. The molecule has 2 heterocycles. The lowest BCUT2D eigenvalue weighted by atomic mass is 10.2. The smallest absolute Gasteiger partial charge is 0.0945 e. The van der Waals surface area contributed by atoms with Crippen LogP contribution in [0.5, 0.6) is 0 Å². The van der Waals surface area contributed by atoms with Gasteiger partial charge in [-0.1, -0.05) is 6.92 Å². The van der Waals surface area contributed by atoms with Gasteiger partial charge in [-0.05, 0) is 30.4 Å². The number of hydrogen-bond acceptors (Lipinski definition) is 3. The van der Waals surface area contributed by atoms with Crippen molar-refractivity contribution in [2.45, 2.75) is 20.3 Å². The van der Waals surface area contributed by atoms with Gasteiger partial charge in [0.05, 0.1) is 16.1 Å². The maximum Gasteiger partial charge on any atom is 0.0945 e. The van der Waals surface area contributed by atoms with Crippen LogP contribution in [0, 0.1) is 6.92 Å². The van der Waals surface area contributed by atoms with Gasteiger partial charge >= 0.3 is 0 Å². The normalized spacial score (nSPS) is 10.6. The first-order valence-corrected chi connectivity index (χ1v) is 6.05. The Labute approximate surface area is 86.1 Å². The zero-order valence-electron chi connectivity index (χ0n) is 7.70. The van der Waals surface area contributed by atoms with Gasteiger partial charge in [-0.15, -0.1) is 22.7 Å². The monoisotopic (exact) mass is 209 g/mol. The van der Waals surface area contributed by atoms with Crippen molar-refractivity contribution in [3.63, 3.8) is 0 Å². The molecule has 2 aromatic heterocycles. The molecule has 0 aliphatic heterocycles. The SMILES string of the molecule is CCc1scnc1-c1sccc1C. The number of aryl methyl sites for hydroxylation is 2. The van der Waals surface area contributed by atoms with Crippen LogP contribution in [0.1, 0.15) is 17.4 Å². The summed E-state index contributed by atoms with van der Waals surface area (Å²) in [6, 6.07) is 2.15. The van der Waals surface area contributed by atoms with Gasteiger partial charge < -0.3 is 0 Å². The fourth-order valence-electron chi connectivity index (χ4n) is 1.32. The second-order valence-electron chi connectivity index (χ2n) is 2.91. The fraction of sp³-hybridized carbons (Fsp3) is 0.300. The Kier molecular flexibility index (Phi) is 2.47. The molecule has 0 aliphatic rings. The zero-order valence-corrected chi connectivity index (χ0v) is 9.34. The molecule has 0 spiro atoms. The lowest BCUT2D eigenvalue weighted by Crippen LogP contribution is -1.81. The van der Waals surface area contributed by atoms with Crippen molar-refractivity contribution in [3.8, 4) is 10.6 Å². The first-order chi connectivity index (χ1) is 6.33. The lowest BCUT2D eigenvalue weighted by Gasteiger charge is -1.97. The molecule has 0 aromatic carbocycles. The van der Waals surface area contributed by atoms with Crippen LogP contribution < -0.4 is 0 Å². The van der Waals surface area contributed by atoms with E-state index in [-0.39, 0.29) is 0 Å². The summed E-state index contributed by atoms with van der Waals surface area (Å²) in [5.74, 6) is 0. The Morgan fingerprint density at radius 3 is 2.85 bits per heavy atom. The quantitative estimate of drug-likeness (QED) is 0.734. The van der Waals surface area contributed by atoms with Crippen molar-refractivity contribution in [1.29, 1.82) is 0 Å². The molecule has 0 fully saturated rings. The van der Waals surface area contributed by atoms with Crippen LogP contribution in [0.2, 0.25) is 0 Å². The van der Waals surface area contributed by atoms with Gasteiger partial charge in [0, 0.05) is 4.88 Å². The molecule has 13 heavy (non-hydrogen) atoms. The van der Waals surface area contributed by atoms with Crippen LogP contribution in [-0.2, 0) is 6.42 Å². The minimum absolute atomic E-state index is 1.08. The molecule has 0 radical (unpaired) electrons. The number of aromatic nitrogens is 1. The van der Waals surface area contributed by atoms with Gasteiger partial charge in [-0.3, -0.25) is 0 Å². The van der Waals surface area contributed by atoms with E-state index >= 15 is 0 Å². The average molecular weight is 209 g/mol. The number of rotatable bonds is 2. The fourth-order valence-corrected chi connectivity index (χ4v) is 3.05. The van der Waals surface area contributed by atoms with Gasteiger partial charge in [0.2, 0.25) is 0 Å². The third-order valence-corrected chi connectivity index (χ3v) is 4.04. The van der Waals surface area contributed by atoms with E-state index in [1.165, 1.54) is 21.0 Å². The summed E-state index contributed by atoms with van der Waals surface area (Å²) in [7, 11) is 0. The standard InChI is InChI=1S/C10H11NS2/c1-3-8-9(11-6-13-8)10-7(2)4-5-12-10/h4-6H,3H2,1-2H3. The number of hydrogen-bond donors (Lipinski definition) is 0. The van der Waals surface area contributed by atoms with E-state index in [0.717, 1.165) is 6.42 Å². The molecule has 2 rings (SSSR count). The van der Waals surface area contributed by atoms with Crippen molar-refractivity contribution >= 4 is 22.7 Å². The molecule has 0 aliphatic carbocycles. The molecule has 0 N–H and O–H groups in total. The third kappa shape index (κ3) is 1.54. The van der Waals surface area contributed by atoms with Crippen LogP contribution in [0.15, 0.2) is 17.0 Å². The van der Waals surface area contributed by atoms with Crippen molar-refractivity contribution in [1.82, 2.24) is 4.98 Å². The highest BCUT2D eigenvalue weighted by atomic mass is 32.1. The van der Waals surface area contributed by atoms with Crippen LogP contribution in [0.3, 0.4) is 0 Å². The van der Waals surface area contributed by atoms with Crippen molar-refractivity contribution in [2.24, 2.45) is 0 Å². The van der Waals surface area contributed by atoms with Crippen molar-refractivity contribution in [2.75, 3.05) is 0 Å². The highest BCUT2D eigenvalue weighted by Crippen LogP contribution is 2.32. The molecule has 0 atom stereocenters. The van der Waals surface area contributed by atoms with Gasteiger partial charge in [-0.2, -0.15) is 0 Å². The highest BCUT2D eigenvalue weighted by Gasteiger charge is 2.10. The first kappa shape index (κ1) is 8.91. The maximum absolute atomic E-state index is 4.42. The second kappa shape index (κ2) is 3.60. The summed E-state index contributed by atoms with van der Waals surface area (Å²) in [6.07, 6.45) is 1.08. The predicted molar refractivity (Wildman–Crippen MR) is 59.5 cm³/mol. The number of thiazole rings is 1. The van der Waals surface area contributed by atoms with Gasteiger partial charge in [0.25, 0.3) is 0 Å². The molecular formula is C10H11NS2. The number of thiophene rings is 1. The third-order valence-electron chi connectivity index (χ3n) is 2.04. The Bertz CT molecular complexity index is 400. The topological polar surface area (TPSA) is 12.9 Å². The summed E-state index contributed by atoms with van der Waals surface area (Å²) in [6.45, 7) is 4.32. The molecule has 0 saturated heterocycles. The Hall–Kier alpha value is -0.670. The van der Waals surface area contributed by atoms with E-state index in [1.807, 2.05) is 5.51 Å². The van der Waals surface area contributed by atoms with Crippen LogP contribution in [0.25, 0.3) is 10.6 Å². The molecule has 0 amide bonds. The van der Waals surface area contributed by atoms with E-state index in [4.69, 9.17) is 0 Å². The zero-order chi connectivity index (χ0) is 9.26. The largest absolute Gasteiger partial charge is 0.244 e.